The van der Waals surface area contributed by atoms with E-state index in [-0.39, 0.29) is 11.1 Å². The summed E-state index contributed by atoms with van der Waals surface area (Å²) in [6.45, 7) is 2.12. The minimum Gasteiger partial charge on any atom is -0.423 e. The number of rotatable bonds is 9. The molecule has 0 amide bonds. The minimum absolute atomic E-state index is 0.175. The van der Waals surface area contributed by atoms with Gasteiger partial charge in [-0.15, -0.1) is 0 Å². The lowest BCUT2D eigenvalue weighted by Gasteiger charge is -2.16. The number of alkyl halides is 2. The summed E-state index contributed by atoms with van der Waals surface area (Å²) in [5.41, 5.74) is 2.01. The Bertz CT molecular complexity index is 1140. The zero-order valence-corrected chi connectivity index (χ0v) is 18.2. The second-order valence-electron chi connectivity index (χ2n) is 7.72. The van der Waals surface area contributed by atoms with Crippen LogP contribution in [0.25, 0.3) is 22.3 Å². The number of halogens is 7. The van der Waals surface area contributed by atoms with Gasteiger partial charge in [0.05, 0.1) is 6.08 Å². The zero-order chi connectivity index (χ0) is 24.9. The summed E-state index contributed by atoms with van der Waals surface area (Å²) in [6, 6.07) is 12.9. The van der Waals surface area contributed by atoms with Crippen molar-refractivity contribution in [2.45, 2.75) is 38.7 Å². The first kappa shape index (κ1) is 25.3. The monoisotopic (exact) mass is 482 g/mol. The van der Waals surface area contributed by atoms with Crippen LogP contribution in [-0.2, 0) is 6.42 Å². The Kier molecular flexibility index (Phi) is 8.02. The molecule has 0 saturated heterocycles. The predicted molar refractivity (Wildman–Crippen MR) is 116 cm³/mol. The van der Waals surface area contributed by atoms with Gasteiger partial charge in [-0.3, -0.25) is 0 Å². The molecule has 0 N–H and O–H groups in total. The normalized spacial score (nSPS) is 11.4. The van der Waals surface area contributed by atoms with Gasteiger partial charge in [0.1, 0.15) is 5.82 Å². The Hall–Kier alpha value is -3.29. The third kappa shape index (κ3) is 6.40. The van der Waals surface area contributed by atoms with Gasteiger partial charge in [0.2, 0.25) is 0 Å². The number of unbranched alkanes of at least 4 members (excludes halogenated alkanes) is 2. The van der Waals surface area contributed by atoms with Crippen LogP contribution in [0, 0.1) is 17.5 Å². The van der Waals surface area contributed by atoms with E-state index >= 15 is 0 Å². The largest absolute Gasteiger partial charge is 0.425 e. The first-order valence-corrected chi connectivity index (χ1v) is 10.6. The van der Waals surface area contributed by atoms with Crippen LogP contribution < -0.4 is 4.74 Å². The average molecular weight is 482 g/mol. The highest BCUT2D eigenvalue weighted by Crippen LogP contribution is 2.35. The van der Waals surface area contributed by atoms with Crippen molar-refractivity contribution in [2.24, 2.45) is 0 Å². The van der Waals surface area contributed by atoms with Gasteiger partial charge in [-0.25, -0.2) is 13.2 Å². The quantitative estimate of drug-likeness (QED) is 0.219. The Morgan fingerprint density at radius 2 is 1.38 bits per heavy atom. The van der Waals surface area contributed by atoms with Gasteiger partial charge < -0.3 is 4.74 Å². The zero-order valence-electron chi connectivity index (χ0n) is 18.2. The topological polar surface area (TPSA) is 9.23 Å². The summed E-state index contributed by atoms with van der Waals surface area (Å²) >= 11 is 0. The van der Waals surface area contributed by atoms with Crippen molar-refractivity contribution in [1.29, 1.82) is 0 Å². The van der Waals surface area contributed by atoms with Crippen LogP contribution in [-0.4, -0.2) is 6.11 Å². The lowest BCUT2D eigenvalue weighted by atomic mass is 9.98. The summed E-state index contributed by atoms with van der Waals surface area (Å²) in [4.78, 5) is 0. The summed E-state index contributed by atoms with van der Waals surface area (Å²) < 4.78 is 97.9. The molecule has 0 spiro atoms. The van der Waals surface area contributed by atoms with E-state index < -0.39 is 41.5 Å². The number of hydrogen-bond acceptors (Lipinski definition) is 1. The molecule has 0 aliphatic carbocycles. The molecule has 0 aliphatic heterocycles. The molecule has 3 aromatic carbocycles. The summed E-state index contributed by atoms with van der Waals surface area (Å²) in [6.07, 6.45) is -4.01. The fourth-order valence-electron chi connectivity index (χ4n) is 3.48. The molecule has 34 heavy (non-hydrogen) atoms. The summed E-state index contributed by atoms with van der Waals surface area (Å²) in [5.74, 6) is -5.53. The molecular weight excluding hydrogens is 461 g/mol. The maximum absolute atomic E-state index is 14.8. The first-order chi connectivity index (χ1) is 16.1. The lowest BCUT2D eigenvalue weighted by Crippen LogP contribution is -2.23. The van der Waals surface area contributed by atoms with Gasteiger partial charge in [-0.05, 0) is 53.3 Å². The smallest absolute Gasteiger partial charge is 0.423 e. The predicted octanol–water partition coefficient (Wildman–Crippen LogP) is 8.92. The molecule has 0 aromatic heterocycles. The fraction of sp³-hybridized carbons (Fsp3) is 0.231. The second-order valence-corrected chi connectivity index (χ2v) is 7.72. The van der Waals surface area contributed by atoms with Gasteiger partial charge in [-0.2, -0.15) is 17.6 Å². The number of aryl methyl sites for hydroxylation is 1. The van der Waals surface area contributed by atoms with E-state index in [0.29, 0.717) is 17.7 Å². The van der Waals surface area contributed by atoms with E-state index in [1.54, 1.807) is 6.07 Å². The van der Waals surface area contributed by atoms with Crippen LogP contribution in [0.5, 0.6) is 5.75 Å². The van der Waals surface area contributed by atoms with Gasteiger partial charge in [0.15, 0.2) is 17.4 Å². The highest BCUT2D eigenvalue weighted by Gasteiger charge is 2.33. The molecule has 180 valence electrons. The lowest BCUT2D eigenvalue weighted by molar-refractivity contribution is -0.137. The van der Waals surface area contributed by atoms with Crippen LogP contribution >= 0.6 is 0 Å². The molecule has 3 rings (SSSR count). The molecule has 0 bridgehead atoms. The van der Waals surface area contributed by atoms with Gasteiger partial charge in [0.25, 0.3) is 6.08 Å². The number of benzene rings is 3. The molecule has 0 unspecified atom stereocenters. The number of hydrogen-bond donors (Lipinski definition) is 0. The molecular formula is C26H21F7O. The highest BCUT2D eigenvalue weighted by atomic mass is 19.3. The van der Waals surface area contributed by atoms with E-state index in [0.717, 1.165) is 36.8 Å². The second kappa shape index (κ2) is 10.8. The fourth-order valence-corrected chi connectivity index (χ4v) is 3.48. The molecule has 0 heterocycles. The maximum atomic E-state index is 14.8. The molecule has 3 aromatic rings. The Morgan fingerprint density at radius 3 is 1.94 bits per heavy atom. The molecule has 1 nitrogen and oxygen atoms in total. The maximum Gasteiger partial charge on any atom is 0.425 e. The van der Waals surface area contributed by atoms with E-state index in [1.807, 2.05) is 24.3 Å². The van der Waals surface area contributed by atoms with Gasteiger partial charge >= 0.3 is 6.11 Å². The van der Waals surface area contributed by atoms with Gasteiger partial charge in [0, 0.05) is 5.56 Å². The van der Waals surface area contributed by atoms with Crippen molar-refractivity contribution in [3.8, 4) is 28.0 Å². The van der Waals surface area contributed by atoms with E-state index in [1.165, 1.54) is 12.1 Å². The van der Waals surface area contributed by atoms with Crippen LogP contribution in [0.4, 0.5) is 30.7 Å². The van der Waals surface area contributed by atoms with E-state index in [2.05, 4.69) is 11.7 Å². The third-order valence-corrected chi connectivity index (χ3v) is 5.15. The number of ether oxygens (including phenoxy) is 1. The van der Waals surface area contributed by atoms with Crippen LogP contribution in [0.1, 0.15) is 31.7 Å². The molecule has 0 fully saturated rings. The van der Waals surface area contributed by atoms with Crippen molar-refractivity contribution < 1.29 is 35.5 Å². The Labute approximate surface area is 192 Å². The summed E-state index contributed by atoms with van der Waals surface area (Å²) in [5, 5.41) is 0. The first-order valence-electron chi connectivity index (χ1n) is 10.6. The van der Waals surface area contributed by atoms with Crippen molar-refractivity contribution in [2.75, 3.05) is 0 Å². The van der Waals surface area contributed by atoms with Crippen LogP contribution in [0.2, 0.25) is 0 Å². The van der Waals surface area contributed by atoms with Crippen LogP contribution in [0.15, 0.2) is 66.8 Å². The third-order valence-electron chi connectivity index (χ3n) is 5.15. The summed E-state index contributed by atoms with van der Waals surface area (Å²) in [7, 11) is 0. The van der Waals surface area contributed by atoms with Crippen molar-refractivity contribution in [3.63, 3.8) is 0 Å². The molecule has 8 heteroatoms. The van der Waals surface area contributed by atoms with Crippen molar-refractivity contribution in [1.82, 2.24) is 0 Å². The molecule has 0 aliphatic rings. The highest BCUT2D eigenvalue weighted by molar-refractivity contribution is 5.71. The van der Waals surface area contributed by atoms with Gasteiger partial charge in [-0.1, -0.05) is 56.2 Å². The molecule has 0 saturated carbocycles. The van der Waals surface area contributed by atoms with E-state index in [9.17, 15) is 30.7 Å². The van der Waals surface area contributed by atoms with Crippen LogP contribution in [0.3, 0.4) is 0 Å². The Balaban J connectivity index is 1.84. The van der Waals surface area contributed by atoms with Crippen molar-refractivity contribution in [3.05, 3.63) is 89.8 Å². The SMILES string of the molecule is CCCCCc1ccc(-c2ccc(-c3cc(F)c(OC(F)(F)C=C(F)F)c(F)c3)c(F)c2)cc1. The van der Waals surface area contributed by atoms with E-state index in [4.69, 9.17) is 0 Å². The average Bonchev–Trinajstić information content (AvgIpc) is 2.76. The molecule has 0 radical (unpaired) electrons. The van der Waals surface area contributed by atoms with Crippen molar-refractivity contribution >= 4 is 0 Å². The molecule has 0 atom stereocenters. The minimum atomic E-state index is -4.64. The standard InChI is InChI=1S/C26H21F7O/c1-2-3-4-5-16-6-8-17(9-7-16)18-10-11-20(21(27)12-18)19-13-22(28)25(23(29)14-19)34-26(32,33)15-24(30)31/h6-15H,2-5H2,1H3. The Morgan fingerprint density at radius 1 is 0.794 bits per heavy atom.